The van der Waals surface area contributed by atoms with Crippen LogP contribution in [0, 0.1) is 5.92 Å². The number of ether oxygens (including phenoxy) is 1. The molecule has 1 aromatic rings. The third-order valence-electron chi connectivity index (χ3n) is 4.57. The van der Waals surface area contributed by atoms with Gasteiger partial charge in [-0.2, -0.15) is 0 Å². The fraction of sp³-hybridized carbons (Fsp3) is 0.667. The zero-order valence-corrected chi connectivity index (χ0v) is 13.8. The Morgan fingerprint density at radius 2 is 2.10 bits per heavy atom. The van der Waals surface area contributed by atoms with E-state index in [2.05, 4.69) is 42.4 Å². The maximum atomic E-state index is 5.33. The lowest BCUT2D eigenvalue weighted by molar-refractivity contribution is 0.266. The first-order valence-corrected chi connectivity index (χ1v) is 8.33. The van der Waals surface area contributed by atoms with Gasteiger partial charge in [-0.3, -0.25) is 0 Å². The van der Waals surface area contributed by atoms with Crippen molar-refractivity contribution in [3.05, 3.63) is 24.3 Å². The summed E-state index contributed by atoms with van der Waals surface area (Å²) in [5, 5.41) is 3.75. The Bertz CT molecular complexity index is 421. The van der Waals surface area contributed by atoms with Crippen LogP contribution in [0.1, 0.15) is 39.0 Å². The fourth-order valence-electron chi connectivity index (χ4n) is 3.33. The van der Waals surface area contributed by atoms with Crippen LogP contribution in [0.4, 0.5) is 5.69 Å². The predicted octanol–water partition coefficient (Wildman–Crippen LogP) is 3.69. The first kappa shape index (κ1) is 16.2. The molecule has 1 N–H and O–H groups in total. The molecule has 0 saturated heterocycles. The molecule has 1 saturated carbocycles. The summed E-state index contributed by atoms with van der Waals surface area (Å²) >= 11 is 0. The Labute approximate surface area is 129 Å². The molecule has 1 aromatic carbocycles. The third-order valence-corrected chi connectivity index (χ3v) is 4.57. The molecular formula is C18H30N2O. The molecule has 21 heavy (non-hydrogen) atoms. The molecule has 0 aromatic heterocycles. The molecule has 1 aliphatic carbocycles. The van der Waals surface area contributed by atoms with E-state index in [0.29, 0.717) is 6.04 Å². The van der Waals surface area contributed by atoms with E-state index in [1.54, 1.807) is 7.11 Å². The first-order valence-electron chi connectivity index (χ1n) is 8.33. The van der Waals surface area contributed by atoms with Crippen molar-refractivity contribution in [2.24, 2.45) is 5.92 Å². The minimum Gasteiger partial charge on any atom is -0.497 e. The quantitative estimate of drug-likeness (QED) is 0.829. The van der Waals surface area contributed by atoms with Gasteiger partial charge in [0.05, 0.1) is 7.11 Å². The zero-order valence-electron chi connectivity index (χ0n) is 13.8. The standard InChI is InChI=1S/C18H30N2O/c1-4-12-19-18-11-6-5-8-15(18)14-20(2)16-9-7-10-17(13-16)21-3/h7,9-10,13,15,18-19H,4-6,8,11-12,14H2,1-3H3. The van der Waals surface area contributed by atoms with Crippen molar-refractivity contribution >= 4 is 5.69 Å². The van der Waals surface area contributed by atoms with E-state index < -0.39 is 0 Å². The van der Waals surface area contributed by atoms with Gasteiger partial charge in [-0.15, -0.1) is 0 Å². The van der Waals surface area contributed by atoms with Crippen molar-refractivity contribution in [2.75, 3.05) is 32.1 Å². The maximum Gasteiger partial charge on any atom is 0.120 e. The molecule has 1 aliphatic rings. The molecule has 0 spiro atoms. The van der Waals surface area contributed by atoms with Crippen LogP contribution < -0.4 is 15.0 Å². The molecule has 0 radical (unpaired) electrons. The molecular weight excluding hydrogens is 260 g/mol. The summed E-state index contributed by atoms with van der Waals surface area (Å²) < 4.78 is 5.33. The highest BCUT2D eigenvalue weighted by Crippen LogP contribution is 2.27. The largest absolute Gasteiger partial charge is 0.497 e. The number of benzene rings is 1. The number of anilines is 1. The summed E-state index contributed by atoms with van der Waals surface area (Å²) in [5.74, 6) is 1.69. The van der Waals surface area contributed by atoms with Crippen molar-refractivity contribution in [3.8, 4) is 5.75 Å². The van der Waals surface area contributed by atoms with Crippen molar-refractivity contribution in [1.82, 2.24) is 5.32 Å². The summed E-state index contributed by atoms with van der Waals surface area (Å²) in [7, 11) is 3.92. The normalized spacial score (nSPS) is 22.0. The second-order valence-electron chi connectivity index (χ2n) is 6.19. The Morgan fingerprint density at radius 3 is 2.86 bits per heavy atom. The highest BCUT2D eigenvalue weighted by Gasteiger charge is 2.25. The lowest BCUT2D eigenvalue weighted by Gasteiger charge is -2.35. The number of hydrogen-bond acceptors (Lipinski definition) is 3. The predicted molar refractivity (Wildman–Crippen MR) is 90.3 cm³/mol. The van der Waals surface area contributed by atoms with Gasteiger partial charge in [-0.1, -0.05) is 25.8 Å². The number of nitrogens with zero attached hydrogens (tertiary/aromatic N) is 1. The highest BCUT2D eigenvalue weighted by molar-refractivity contribution is 5.50. The molecule has 3 heteroatoms. The number of methoxy groups -OCH3 is 1. The second kappa shape index (κ2) is 8.28. The summed E-state index contributed by atoms with van der Waals surface area (Å²) in [6.07, 6.45) is 6.64. The minimum absolute atomic E-state index is 0.687. The van der Waals surface area contributed by atoms with Gasteiger partial charge in [0.25, 0.3) is 0 Å². The SMILES string of the molecule is CCCNC1CCCCC1CN(C)c1cccc(OC)c1. The van der Waals surface area contributed by atoms with Gasteiger partial charge in [-0.25, -0.2) is 0 Å². The van der Waals surface area contributed by atoms with Crippen LogP contribution in [0.2, 0.25) is 0 Å². The van der Waals surface area contributed by atoms with Gasteiger partial charge >= 0.3 is 0 Å². The molecule has 0 bridgehead atoms. The average Bonchev–Trinajstić information content (AvgIpc) is 2.54. The molecule has 2 atom stereocenters. The van der Waals surface area contributed by atoms with E-state index in [1.165, 1.54) is 37.8 Å². The van der Waals surface area contributed by atoms with E-state index in [4.69, 9.17) is 4.74 Å². The lowest BCUT2D eigenvalue weighted by Crippen LogP contribution is -2.43. The number of nitrogens with one attached hydrogen (secondary N) is 1. The summed E-state index contributed by atoms with van der Waals surface area (Å²) in [4.78, 5) is 2.37. The molecule has 2 rings (SSSR count). The average molecular weight is 290 g/mol. The van der Waals surface area contributed by atoms with Gasteiger partial charge in [0.1, 0.15) is 5.75 Å². The van der Waals surface area contributed by atoms with E-state index in [1.807, 2.05) is 6.07 Å². The monoisotopic (exact) mass is 290 g/mol. The van der Waals surface area contributed by atoms with Crippen LogP contribution in [0.5, 0.6) is 5.75 Å². The van der Waals surface area contributed by atoms with E-state index >= 15 is 0 Å². The van der Waals surface area contributed by atoms with E-state index in [-0.39, 0.29) is 0 Å². The molecule has 2 unspecified atom stereocenters. The van der Waals surface area contributed by atoms with Crippen molar-refractivity contribution in [1.29, 1.82) is 0 Å². The van der Waals surface area contributed by atoms with Crippen molar-refractivity contribution in [3.63, 3.8) is 0 Å². The van der Waals surface area contributed by atoms with Crippen LogP contribution in [0.25, 0.3) is 0 Å². The molecule has 0 amide bonds. The van der Waals surface area contributed by atoms with Crippen LogP contribution in [0.15, 0.2) is 24.3 Å². The van der Waals surface area contributed by atoms with Crippen LogP contribution in [-0.2, 0) is 0 Å². The summed E-state index contributed by atoms with van der Waals surface area (Å²) in [5.41, 5.74) is 1.24. The number of rotatable bonds is 7. The van der Waals surface area contributed by atoms with E-state index in [9.17, 15) is 0 Å². The smallest absolute Gasteiger partial charge is 0.120 e. The van der Waals surface area contributed by atoms with Crippen molar-refractivity contribution < 1.29 is 4.74 Å². The van der Waals surface area contributed by atoms with Gasteiger partial charge in [-0.05, 0) is 43.9 Å². The maximum absolute atomic E-state index is 5.33. The van der Waals surface area contributed by atoms with Gasteiger partial charge in [0.15, 0.2) is 0 Å². The van der Waals surface area contributed by atoms with Gasteiger partial charge in [0, 0.05) is 31.4 Å². The summed E-state index contributed by atoms with van der Waals surface area (Å²) in [6.45, 7) is 4.51. The Hall–Kier alpha value is -1.22. The highest BCUT2D eigenvalue weighted by atomic mass is 16.5. The van der Waals surface area contributed by atoms with Crippen LogP contribution >= 0.6 is 0 Å². The molecule has 1 fully saturated rings. The minimum atomic E-state index is 0.687. The third kappa shape index (κ3) is 4.63. The molecule has 118 valence electrons. The molecule has 0 heterocycles. The van der Waals surface area contributed by atoms with Crippen LogP contribution in [0.3, 0.4) is 0 Å². The number of hydrogen-bond donors (Lipinski definition) is 1. The zero-order chi connectivity index (χ0) is 15.1. The Morgan fingerprint density at radius 1 is 1.29 bits per heavy atom. The van der Waals surface area contributed by atoms with E-state index in [0.717, 1.165) is 24.8 Å². The lowest BCUT2D eigenvalue weighted by atomic mass is 9.84. The topological polar surface area (TPSA) is 24.5 Å². The molecule has 3 nitrogen and oxygen atoms in total. The van der Waals surface area contributed by atoms with Gasteiger partial charge < -0.3 is 15.0 Å². The summed E-state index contributed by atoms with van der Waals surface area (Å²) in [6, 6.07) is 9.05. The van der Waals surface area contributed by atoms with Crippen LogP contribution in [-0.4, -0.2) is 33.3 Å². The molecule has 0 aliphatic heterocycles. The first-order chi connectivity index (χ1) is 10.2. The van der Waals surface area contributed by atoms with Crippen molar-refractivity contribution in [2.45, 2.75) is 45.1 Å². The van der Waals surface area contributed by atoms with Gasteiger partial charge in [0.2, 0.25) is 0 Å². The Balaban J connectivity index is 1.96. The second-order valence-corrected chi connectivity index (χ2v) is 6.19. The Kier molecular flexibility index (Phi) is 6.37. The fourth-order valence-corrected chi connectivity index (χ4v) is 3.33.